The summed E-state index contributed by atoms with van der Waals surface area (Å²) in [6.45, 7) is 0. The van der Waals surface area contributed by atoms with Crippen LogP contribution in [0.5, 0.6) is 11.5 Å². The van der Waals surface area contributed by atoms with E-state index in [1.54, 1.807) is 12.1 Å². The first-order valence-corrected chi connectivity index (χ1v) is 6.58. The van der Waals surface area contributed by atoms with Crippen LogP contribution in [0, 0.1) is 0 Å². The molecule has 0 spiro atoms. The summed E-state index contributed by atoms with van der Waals surface area (Å²) in [4.78, 5) is 11.8. The Hall–Kier alpha value is -3.15. The lowest BCUT2D eigenvalue weighted by Crippen LogP contribution is -2.13. The second kappa shape index (κ2) is 5.69. The highest BCUT2D eigenvalue weighted by Crippen LogP contribution is 2.26. The molecular formula is C16H13N3O3. The van der Waals surface area contributed by atoms with E-state index in [4.69, 9.17) is 4.74 Å². The van der Waals surface area contributed by atoms with E-state index in [0.717, 1.165) is 11.3 Å². The Morgan fingerprint density at radius 3 is 2.86 bits per heavy atom. The summed E-state index contributed by atoms with van der Waals surface area (Å²) in [5, 5.41) is 20.2. The van der Waals surface area contributed by atoms with Crippen LogP contribution in [0.3, 0.4) is 0 Å². The molecule has 1 aliphatic rings. The SMILES string of the molecule is COc1cc(/C=N\N=C2/C(=O)Nc3ccccc32)ccc1O. The van der Waals surface area contributed by atoms with E-state index in [1.165, 1.54) is 19.4 Å². The largest absolute Gasteiger partial charge is 0.504 e. The summed E-state index contributed by atoms with van der Waals surface area (Å²) in [6.07, 6.45) is 1.49. The molecule has 1 heterocycles. The number of carbonyl (C=O) groups is 1. The predicted octanol–water partition coefficient (Wildman–Crippen LogP) is 2.18. The van der Waals surface area contributed by atoms with Crippen molar-refractivity contribution >= 4 is 23.5 Å². The lowest BCUT2D eigenvalue weighted by Gasteiger charge is -2.02. The average molecular weight is 295 g/mol. The number of nitrogens with zero attached hydrogens (tertiary/aromatic N) is 2. The molecule has 2 aromatic rings. The van der Waals surface area contributed by atoms with Gasteiger partial charge in [0.25, 0.3) is 5.91 Å². The predicted molar refractivity (Wildman–Crippen MR) is 83.9 cm³/mol. The van der Waals surface area contributed by atoms with Crippen LogP contribution < -0.4 is 10.1 Å². The summed E-state index contributed by atoms with van der Waals surface area (Å²) in [7, 11) is 1.47. The number of ether oxygens (including phenoxy) is 1. The topological polar surface area (TPSA) is 83.3 Å². The van der Waals surface area contributed by atoms with Crippen molar-refractivity contribution in [2.45, 2.75) is 0 Å². The van der Waals surface area contributed by atoms with Crippen molar-refractivity contribution in [2.75, 3.05) is 12.4 Å². The van der Waals surface area contributed by atoms with Gasteiger partial charge in [0.15, 0.2) is 17.2 Å². The van der Waals surface area contributed by atoms with Crippen LogP contribution >= 0.6 is 0 Å². The number of para-hydroxylation sites is 1. The maximum atomic E-state index is 11.8. The fraction of sp³-hybridized carbons (Fsp3) is 0.0625. The lowest BCUT2D eigenvalue weighted by molar-refractivity contribution is -0.110. The van der Waals surface area contributed by atoms with Gasteiger partial charge in [0.2, 0.25) is 0 Å². The normalized spacial score (nSPS) is 15.1. The first kappa shape index (κ1) is 13.8. The van der Waals surface area contributed by atoms with Crippen LogP contribution in [0.2, 0.25) is 0 Å². The molecule has 0 aromatic heterocycles. The van der Waals surface area contributed by atoms with Gasteiger partial charge in [-0.25, -0.2) is 0 Å². The highest BCUT2D eigenvalue weighted by molar-refractivity contribution is 6.53. The molecule has 0 saturated heterocycles. The number of benzene rings is 2. The monoisotopic (exact) mass is 295 g/mol. The van der Waals surface area contributed by atoms with Gasteiger partial charge in [-0.3, -0.25) is 4.79 Å². The van der Waals surface area contributed by atoms with E-state index in [0.29, 0.717) is 11.3 Å². The van der Waals surface area contributed by atoms with Gasteiger partial charge in [-0.05, 0) is 29.8 Å². The number of hydrogen-bond acceptors (Lipinski definition) is 5. The second-order valence-corrected chi connectivity index (χ2v) is 4.62. The van der Waals surface area contributed by atoms with Gasteiger partial charge in [-0.2, -0.15) is 5.10 Å². The van der Waals surface area contributed by atoms with Crippen LogP contribution in [0.15, 0.2) is 52.7 Å². The molecule has 6 nitrogen and oxygen atoms in total. The smallest absolute Gasteiger partial charge is 0.276 e. The number of carbonyl (C=O) groups excluding carboxylic acids is 1. The molecule has 0 atom stereocenters. The van der Waals surface area contributed by atoms with Gasteiger partial charge in [-0.1, -0.05) is 18.2 Å². The van der Waals surface area contributed by atoms with E-state index in [1.807, 2.05) is 24.3 Å². The minimum Gasteiger partial charge on any atom is -0.504 e. The molecular weight excluding hydrogens is 282 g/mol. The van der Waals surface area contributed by atoms with E-state index >= 15 is 0 Å². The van der Waals surface area contributed by atoms with Gasteiger partial charge >= 0.3 is 0 Å². The van der Waals surface area contributed by atoms with Gasteiger partial charge < -0.3 is 15.2 Å². The number of fused-ring (bicyclic) bond motifs is 1. The molecule has 110 valence electrons. The average Bonchev–Trinajstić information content (AvgIpc) is 2.85. The quantitative estimate of drug-likeness (QED) is 0.672. The fourth-order valence-electron chi connectivity index (χ4n) is 2.13. The van der Waals surface area contributed by atoms with Crippen molar-refractivity contribution in [1.82, 2.24) is 0 Å². The Kier molecular flexibility index (Phi) is 3.57. The summed E-state index contributed by atoms with van der Waals surface area (Å²) in [5.41, 5.74) is 2.43. The first-order valence-electron chi connectivity index (χ1n) is 6.58. The van der Waals surface area contributed by atoms with E-state index in [-0.39, 0.29) is 17.4 Å². The summed E-state index contributed by atoms with van der Waals surface area (Å²) in [5.74, 6) is 0.122. The van der Waals surface area contributed by atoms with Crippen molar-refractivity contribution in [3.05, 3.63) is 53.6 Å². The fourth-order valence-corrected chi connectivity index (χ4v) is 2.13. The van der Waals surface area contributed by atoms with Gasteiger partial charge in [0.05, 0.1) is 19.0 Å². The molecule has 0 bridgehead atoms. The zero-order chi connectivity index (χ0) is 15.5. The number of nitrogens with one attached hydrogen (secondary N) is 1. The molecule has 0 radical (unpaired) electrons. The maximum absolute atomic E-state index is 11.8. The number of hydrogen-bond donors (Lipinski definition) is 2. The van der Waals surface area contributed by atoms with Crippen molar-refractivity contribution in [2.24, 2.45) is 10.2 Å². The minimum absolute atomic E-state index is 0.0510. The molecule has 1 amide bonds. The molecule has 0 unspecified atom stereocenters. The van der Waals surface area contributed by atoms with Gasteiger partial charge in [0, 0.05) is 5.56 Å². The third kappa shape index (κ3) is 2.54. The minimum atomic E-state index is -0.276. The molecule has 6 heteroatoms. The van der Waals surface area contributed by atoms with Gasteiger partial charge in [0.1, 0.15) is 0 Å². The number of rotatable bonds is 3. The molecule has 2 aromatic carbocycles. The van der Waals surface area contributed by atoms with Crippen LogP contribution in [0.1, 0.15) is 11.1 Å². The number of phenols is 1. The van der Waals surface area contributed by atoms with Gasteiger partial charge in [-0.15, -0.1) is 5.10 Å². The molecule has 0 aliphatic carbocycles. The summed E-state index contributed by atoms with van der Waals surface area (Å²) < 4.78 is 5.02. The Bertz CT molecular complexity index is 797. The highest BCUT2D eigenvalue weighted by atomic mass is 16.5. The molecule has 3 rings (SSSR count). The van der Waals surface area contributed by atoms with Crippen LogP contribution in [0.4, 0.5) is 5.69 Å². The Balaban J connectivity index is 1.86. The second-order valence-electron chi connectivity index (χ2n) is 4.62. The van der Waals surface area contributed by atoms with Crippen LogP contribution in [0.25, 0.3) is 0 Å². The molecule has 0 fully saturated rings. The van der Waals surface area contributed by atoms with E-state index < -0.39 is 0 Å². The number of phenolic OH excluding ortho intramolecular Hbond substituents is 1. The zero-order valence-electron chi connectivity index (χ0n) is 11.8. The molecule has 22 heavy (non-hydrogen) atoms. The summed E-state index contributed by atoms with van der Waals surface area (Å²) in [6, 6.07) is 12.1. The number of amides is 1. The Morgan fingerprint density at radius 2 is 2.05 bits per heavy atom. The first-order chi connectivity index (χ1) is 10.7. The molecule has 1 aliphatic heterocycles. The van der Waals surface area contributed by atoms with Crippen LogP contribution in [-0.4, -0.2) is 30.0 Å². The van der Waals surface area contributed by atoms with E-state index in [9.17, 15) is 9.90 Å². The third-order valence-electron chi connectivity index (χ3n) is 3.21. The maximum Gasteiger partial charge on any atom is 0.276 e. The van der Waals surface area contributed by atoms with Crippen molar-refractivity contribution in [3.8, 4) is 11.5 Å². The molecule has 0 saturated carbocycles. The summed E-state index contributed by atoms with van der Waals surface area (Å²) >= 11 is 0. The number of anilines is 1. The standard InChI is InChI=1S/C16H13N3O3/c1-22-14-8-10(6-7-13(14)20)9-17-19-15-11-4-2-3-5-12(11)18-16(15)21/h2-9,20H,1H3,(H,18,19,21)/b17-9-. The van der Waals surface area contributed by atoms with Crippen molar-refractivity contribution in [1.29, 1.82) is 0 Å². The Labute approximate surface area is 126 Å². The number of aromatic hydroxyl groups is 1. The van der Waals surface area contributed by atoms with Crippen molar-refractivity contribution in [3.63, 3.8) is 0 Å². The number of methoxy groups -OCH3 is 1. The zero-order valence-corrected chi connectivity index (χ0v) is 11.8. The lowest BCUT2D eigenvalue weighted by atomic mass is 10.1. The highest BCUT2D eigenvalue weighted by Gasteiger charge is 2.25. The third-order valence-corrected chi connectivity index (χ3v) is 3.21. The molecule has 2 N–H and O–H groups in total. The van der Waals surface area contributed by atoms with Crippen molar-refractivity contribution < 1.29 is 14.6 Å². The van der Waals surface area contributed by atoms with E-state index in [2.05, 4.69) is 15.5 Å². The Morgan fingerprint density at radius 1 is 1.23 bits per heavy atom. The van der Waals surface area contributed by atoms with Crippen LogP contribution in [-0.2, 0) is 4.79 Å².